The van der Waals surface area contributed by atoms with Gasteiger partial charge in [0, 0.05) is 5.92 Å². The fourth-order valence-electron chi connectivity index (χ4n) is 4.09. The van der Waals surface area contributed by atoms with Crippen molar-refractivity contribution in [3.8, 4) is 0 Å². The second-order valence-electron chi connectivity index (χ2n) is 7.46. The fourth-order valence-corrected chi connectivity index (χ4v) is 4.09. The molecule has 0 bridgehead atoms. The minimum absolute atomic E-state index is 0.0371. The molecule has 132 valence electrons. The Morgan fingerprint density at radius 2 is 1.79 bits per heavy atom. The van der Waals surface area contributed by atoms with Crippen LogP contribution < -0.4 is 0 Å². The number of nitrogens with zero attached hydrogens (tertiary/aromatic N) is 1. The highest BCUT2D eigenvalue weighted by Gasteiger charge is 2.47. The Labute approximate surface area is 144 Å². The minimum Gasteiger partial charge on any atom is -0.463 e. The number of hydrogen-bond donors (Lipinski definition) is 1. The summed E-state index contributed by atoms with van der Waals surface area (Å²) in [6.07, 6.45) is 6.02. The second kappa shape index (κ2) is 7.66. The summed E-state index contributed by atoms with van der Waals surface area (Å²) in [5, 5.41) is 11.3. The third-order valence-corrected chi connectivity index (χ3v) is 5.76. The van der Waals surface area contributed by atoms with E-state index in [-0.39, 0.29) is 5.92 Å². The van der Waals surface area contributed by atoms with Crippen molar-refractivity contribution in [1.29, 1.82) is 0 Å². The molecule has 2 fully saturated rings. The van der Waals surface area contributed by atoms with Crippen LogP contribution in [0.25, 0.3) is 0 Å². The quantitative estimate of drug-likeness (QED) is 0.843. The van der Waals surface area contributed by atoms with E-state index in [1.165, 1.54) is 0 Å². The first-order valence-electron chi connectivity index (χ1n) is 9.24. The molecule has 1 aliphatic heterocycles. The van der Waals surface area contributed by atoms with E-state index in [9.17, 15) is 9.90 Å². The zero-order valence-corrected chi connectivity index (χ0v) is 14.6. The number of ether oxygens (including phenoxy) is 1. The molecule has 1 atom stereocenters. The summed E-state index contributed by atoms with van der Waals surface area (Å²) in [4.78, 5) is 15.2. The summed E-state index contributed by atoms with van der Waals surface area (Å²) in [5.74, 6) is -0.0850. The van der Waals surface area contributed by atoms with Gasteiger partial charge in [0.1, 0.15) is 0 Å². The van der Waals surface area contributed by atoms with Crippen molar-refractivity contribution >= 4 is 5.97 Å². The first kappa shape index (κ1) is 17.4. The zero-order chi connectivity index (χ0) is 17.0. The summed E-state index contributed by atoms with van der Waals surface area (Å²) in [5.41, 5.74) is -0.825. The molecule has 3 rings (SSSR count). The van der Waals surface area contributed by atoms with Crippen molar-refractivity contribution in [2.24, 2.45) is 11.8 Å². The average Bonchev–Trinajstić information content (AvgIpc) is 3.16. The van der Waals surface area contributed by atoms with Gasteiger partial charge in [0.15, 0.2) is 5.60 Å². The van der Waals surface area contributed by atoms with Crippen LogP contribution in [0.2, 0.25) is 0 Å². The lowest BCUT2D eigenvalue weighted by Crippen LogP contribution is -2.44. The maximum Gasteiger partial charge on any atom is 0.343 e. The number of benzene rings is 1. The molecule has 1 aliphatic carbocycles. The van der Waals surface area contributed by atoms with E-state index in [0.29, 0.717) is 18.1 Å². The van der Waals surface area contributed by atoms with Crippen LogP contribution in [0.1, 0.15) is 44.1 Å². The van der Waals surface area contributed by atoms with Crippen LogP contribution in [0.15, 0.2) is 30.3 Å². The molecule has 1 aromatic carbocycles. The predicted octanol–water partition coefficient (Wildman–Crippen LogP) is 2.95. The standard InChI is InChI=1S/C20H29NO3/c1-21-13-11-16(12-14-21)15-24-19(22)20(23,18-9-5-6-10-18)17-7-3-2-4-8-17/h2-4,7-8,16,18,23H,5-6,9-15H2,1H3/t20-/m0/s1. The van der Waals surface area contributed by atoms with E-state index in [1.807, 2.05) is 30.3 Å². The molecule has 24 heavy (non-hydrogen) atoms. The third-order valence-electron chi connectivity index (χ3n) is 5.76. The summed E-state index contributed by atoms with van der Waals surface area (Å²) < 4.78 is 5.64. The largest absolute Gasteiger partial charge is 0.463 e. The van der Waals surface area contributed by atoms with Crippen molar-refractivity contribution < 1.29 is 14.6 Å². The molecule has 0 unspecified atom stereocenters. The molecule has 1 saturated heterocycles. The number of rotatable bonds is 5. The lowest BCUT2D eigenvalue weighted by molar-refractivity contribution is -0.175. The number of piperidine rings is 1. The Bertz CT molecular complexity index is 533. The Morgan fingerprint density at radius 3 is 2.42 bits per heavy atom. The van der Waals surface area contributed by atoms with E-state index in [2.05, 4.69) is 11.9 Å². The summed E-state index contributed by atoms with van der Waals surface area (Å²) in [6.45, 7) is 2.52. The summed E-state index contributed by atoms with van der Waals surface area (Å²) in [7, 11) is 2.12. The Hall–Kier alpha value is -1.39. The van der Waals surface area contributed by atoms with Gasteiger partial charge in [-0.25, -0.2) is 4.79 Å². The van der Waals surface area contributed by atoms with Gasteiger partial charge in [-0.2, -0.15) is 0 Å². The predicted molar refractivity (Wildman–Crippen MR) is 93.5 cm³/mol. The molecule has 2 aliphatic rings. The molecule has 0 spiro atoms. The zero-order valence-electron chi connectivity index (χ0n) is 14.6. The minimum atomic E-state index is -1.50. The van der Waals surface area contributed by atoms with E-state index in [0.717, 1.165) is 51.6 Å². The van der Waals surface area contributed by atoms with Crippen LogP contribution >= 0.6 is 0 Å². The Kier molecular flexibility index (Phi) is 5.57. The van der Waals surface area contributed by atoms with Crippen molar-refractivity contribution in [1.82, 2.24) is 4.90 Å². The van der Waals surface area contributed by atoms with Crippen LogP contribution in [-0.2, 0) is 15.1 Å². The fraction of sp³-hybridized carbons (Fsp3) is 0.650. The molecule has 1 N–H and O–H groups in total. The summed E-state index contributed by atoms with van der Waals surface area (Å²) >= 11 is 0. The maximum atomic E-state index is 12.9. The van der Waals surface area contributed by atoms with Gasteiger partial charge in [0.25, 0.3) is 0 Å². The van der Waals surface area contributed by atoms with E-state index >= 15 is 0 Å². The first-order chi connectivity index (χ1) is 11.6. The number of likely N-dealkylation sites (tertiary alicyclic amines) is 1. The highest BCUT2D eigenvalue weighted by molar-refractivity contribution is 5.81. The third kappa shape index (κ3) is 3.65. The van der Waals surface area contributed by atoms with Gasteiger partial charge in [-0.15, -0.1) is 0 Å². The van der Waals surface area contributed by atoms with E-state index in [1.54, 1.807) is 0 Å². The molecule has 1 saturated carbocycles. The van der Waals surface area contributed by atoms with Crippen LogP contribution in [0.5, 0.6) is 0 Å². The van der Waals surface area contributed by atoms with Gasteiger partial charge in [0.2, 0.25) is 0 Å². The van der Waals surface area contributed by atoms with Crippen molar-refractivity contribution in [3.63, 3.8) is 0 Å². The van der Waals surface area contributed by atoms with Crippen molar-refractivity contribution in [2.75, 3.05) is 26.7 Å². The topological polar surface area (TPSA) is 49.8 Å². The van der Waals surface area contributed by atoms with Crippen molar-refractivity contribution in [2.45, 2.75) is 44.1 Å². The number of carbonyl (C=O) groups is 1. The first-order valence-corrected chi connectivity index (χ1v) is 9.24. The number of esters is 1. The number of aliphatic hydroxyl groups is 1. The number of hydrogen-bond acceptors (Lipinski definition) is 4. The van der Waals surface area contributed by atoms with Gasteiger partial charge in [-0.1, -0.05) is 43.2 Å². The lowest BCUT2D eigenvalue weighted by atomic mass is 9.80. The van der Waals surface area contributed by atoms with Gasteiger partial charge in [0.05, 0.1) is 6.61 Å². The van der Waals surface area contributed by atoms with E-state index < -0.39 is 11.6 Å². The number of carbonyl (C=O) groups excluding carboxylic acids is 1. The van der Waals surface area contributed by atoms with Crippen LogP contribution in [-0.4, -0.2) is 42.7 Å². The Balaban J connectivity index is 1.69. The van der Waals surface area contributed by atoms with E-state index in [4.69, 9.17) is 4.74 Å². The molecule has 1 heterocycles. The molecule has 0 radical (unpaired) electrons. The molecule has 0 aromatic heterocycles. The molecule has 0 amide bonds. The van der Waals surface area contributed by atoms with Gasteiger partial charge >= 0.3 is 5.97 Å². The highest BCUT2D eigenvalue weighted by Crippen LogP contribution is 2.41. The average molecular weight is 331 g/mol. The smallest absolute Gasteiger partial charge is 0.343 e. The van der Waals surface area contributed by atoms with Gasteiger partial charge < -0.3 is 14.7 Å². The van der Waals surface area contributed by atoms with Gasteiger partial charge in [-0.3, -0.25) is 0 Å². The van der Waals surface area contributed by atoms with Crippen LogP contribution in [0, 0.1) is 11.8 Å². The SMILES string of the molecule is CN1CCC(COC(=O)[C@](O)(c2ccccc2)C2CCCC2)CC1. The highest BCUT2D eigenvalue weighted by atomic mass is 16.5. The van der Waals surface area contributed by atoms with Crippen LogP contribution in [0.3, 0.4) is 0 Å². The molecule has 4 nitrogen and oxygen atoms in total. The summed E-state index contributed by atoms with van der Waals surface area (Å²) in [6, 6.07) is 9.34. The van der Waals surface area contributed by atoms with Gasteiger partial charge in [-0.05, 0) is 57.3 Å². The molecular formula is C20H29NO3. The normalized spacial score (nSPS) is 23.1. The Morgan fingerprint density at radius 1 is 1.17 bits per heavy atom. The molecule has 1 aromatic rings. The maximum absolute atomic E-state index is 12.9. The molecule has 4 heteroatoms. The van der Waals surface area contributed by atoms with Crippen molar-refractivity contribution in [3.05, 3.63) is 35.9 Å². The monoisotopic (exact) mass is 331 g/mol. The second-order valence-corrected chi connectivity index (χ2v) is 7.46. The van der Waals surface area contributed by atoms with Crippen LogP contribution in [0.4, 0.5) is 0 Å². The molecular weight excluding hydrogens is 302 g/mol. The lowest BCUT2D eigenvalue weighted by Gasteiger charge is -2.34.